The Morgan fingerprint density at radius 1 is 1.08 bits per heavy atom. The van der Waals surface area contributed by atoms with Crippen LogP contribution in [0.2, 0.25) is 0 Å². The van der Waals surface area contributed by atoms with Crippen LogP contribution in [0.25, 0.3) is 10.4 Å². The van der Waals surface area contributed by atoms with Crippen LogP contribution in [0.5, 0.6) is 0 Å². The second-order valence-corrected chi connectivity index (χ2v) is 8.07. The van der Waals surface area contributed by atoms with Gasteiger partial charge >= 0.3 is 12.4 Å². The van der Waals surface area contributed by atoms with Gasteiger partial charge in [0.05, 0.1) is 43.0 Å². The minimum absolute atomic E-state index is 0.0470. The average Bonchev–Trinajstić information content (AvgIpc) is 2.83. The summed E-state index contributed by atoms with van der Waals surface area (Å²) in [5.41, 5.74) is 5.65. The quantitative estimate of drug-likeness (QED) is 0.138. The van der Waals surface area contributed by atoms with Crippen LogP contribution in [-0.2, 0) is 21.8 Å². The highest BCUT2D eigenvalue weighted by molar-refractivity contribution is 5.34. The van der Waals surface area contributed by atoms with Gasteiger partial charge in [-0.15, -0.1) is 0 Å². The van der Waals surface area contributed by atoms with Gasteiger partial charge in [-0.2, -0.15) is 26.3 Å². The summed E-state index contributed by atoms with van der Waals surface area (Å²) in [7, 11) is 0. The van der Waals surface area contributed by atoms with Crippen LogP contribution in [-0.4, -0.2) is 37.4 Å². The van der Waals surface area contributed by atoms with E-state index < -0.39 is 47.7 Å². The maximum atomic E-state index is 13.5. The lowest BCUT2D eigenvalue weighted by molar-refractivity contribution is -0.228. The predicted molar refractivity (Wildman–Crippen MR) is 118 cm³/mol. The number of nitrogens with zero attached hydrogens (tertiary/aromatic N) is 4. The number of ether oxygens (including phenoxy) is 2. The number of halogens is 7. The third-order valence-electron chi connectivity index (χ3n) is 5.56. The summed E-state index contributed by atoms with van der Waals surface area (Å²) in [6, 6.07) is 5.91. The fourth-order valence-corrected chi connectivity index (χ4v) is 3.78. The van der Waals surface area contributed by atoms with Crippen LogP contribution in [0.4, 0.5) is 30.7 Å². The Morgan fingerprint density at radius 3 is 2.27 bits per heavy atom. The van der Waals surface area contributed by atoms with Gasteiger partial charge in [-0.3, -0.25) is 4.90 Å². The van der Waals surface area contributed by atoms with E-state index in [4.69, 9.17) is 15.0 Å². The minimum atomic E-state index is -5.00. The molecule has 13 heteroatoms. The molecule has 0 N–H and O–H groups in total. The second-order valence-electron chi connectivity index (χ2n) is 8.07. The van der Waals surface area contributed by atoms with E-state index in [9.17, 15) is 30.7 Å². The summed E-state index contributed by atoms with van der Waals surface area (Å²) in [4.78, 5) is 4.41. The Morgan fingerprint density at radius 2 is 1.70 bits per heavy atom. The Labute approximate surface area is 207 Å². The standard InChI is InChI=1S/C24H21F7N4O2/c1-15(17-12-18(23(26,27)28)14-19(13-17)24(29,30)31)37-22-21(16-4-6-20(25)7-5-16)35(10-11-36-22)9-3-2-8-33-34-32/h4-7,12-15,21-22H,8-11H2,1H3/t15-,21-,22+/m0/s1. The summed E-state index contributed by atoms with van der Waals surface area (Å²) in [5, 5.41) is 3.32. The molecule has 1 aliphatic heterocycles. The molecular weight excluding hydrogens is 509 g/mol. The van der Waals surface area contributed by atoms with Gasteiger partial charge in [0.25, 0.3) is 0 Å². The Hall–Kier alpha value is -3.30. The summed E-state index contributed by atoms with van der Waals surface area (Å²) in [6.07, 6.45) is -12.4. The zero-order valence-electron chi connectivity index (χ0n) is 19.4. The van der Waals surface area contributed by atoms with E-state index in [0.29, 0.717) is 24.2 Å². The Kier molecular flexibility index (Phi) is 9.04. The lowest BCUT2D eigenvalue weighted by Crippen LogP contribution is -2.46. The zero-order valence-corrected chi connectivity index (χ0v) is 19.4. The fourth-order valence-electron chi connectivity index (χ4n) is 3.78. The van der Waals surface area contributed by atoms with Crippen molar-refractivity contribution in [3.05, 3.63) is 81.0 Å². The highest BCUT2D eigenvalue weighted by Crippen LogP contribution is 2.39. The van der Waals surface area contributed by atoms with Gasteiger partial charge in [0, 0.05) is 11.5 Å². The molecule has 0 spiro atoms. The molecule has 0 unspecified atom stereocenters. The molecular formula is C24H21F7N4O2. The summed E-state index contributed by atoms with van der Waals surface area (Å²) >= 11 is 0. The summed E-state index contributed by atoms with van der Waals surface area (Å²) in [5.74, 6) is 5.00. The molecule has 198 valence electrons. The molecule has 0 amide bonds. The number of morpholine rings is 1. The van der Waals surface area contributed by atoms with E-state index in [1.54, 1.807) is 0 Å². The lowest BCUT2D eigenvalue weighted by Gasteiger charge is -2.41. The first kappa shape index (κ1) is 28.3. The van der Waals surface area contributed by atoms with Gasteiger partial charge in [0.15, 0.2) is 6.29 Å². The highest BCUT2D eigenvalue weighted by Gasteiger charge is 2.39. The third-order valence-corrected chi connectivity index (χ3v) is 5.56. The van der Waals surface area contributed by atoms with Crippen molar-refractivity contribution in [2.75, 3.05) is 26.2 Å². The van der Waals surface area contributed by atoms with E-state index in [1.165, 1.54) is 31.2 Å². The van der Waals surface area contributed by atoms with Crippen LogP contribution in [0.3, 0.4) is 0 Å². The molecule has 2 aromatic carbocycles. The molecule has 1 fully saturated rings. The molecule has 1 aliphatic rings. The van der Waals surface area contributed by atoms with Crippen LogP contribution in [0.15, 0.2) is 47.6 Å². The van der Waals surface area contributed by atoms with Crippen molar-refractivity contribution in [3.63, 3.8) is 0 Å². The van der Waals surface area contributed by atoms with E-state index in [0.717, 1.165) is 0 Å². The van der Waals surface area contributed by atoms with Crippen molar-refractivity contribution in [1.82, 2.24) is 4.90 Å². The predicted octanol–water partition coefficient (Wildman–Crippen LogP) is 6.65. The number of alkyl halides is 6. The SMILES string of the molecule is C[C@H](O[C@H]1OCCN(CC#CCN=[N+]=[N-])[C@H]1c1ccc(F)cc1)c1cc(C(F)(F)F)cc(C(F)(F)F)c1. The van der Waals surface area contributed by atoms with Crippen molar-refractivity contribution in [2.45, 2.75) is 37.7 Å². The Bertz CT molecular complexity index is 1150. The third kappa shape index (κ3) is 7.60. The number of hydrogen-bond acceptors (Lipinski definition) is 4. The summed E-state index contributed by atoms with van der Waals surface area (Å²) in [6.45, 7) is 1.90. The maximum absolute atomic E-state index is 13.5. The normalized spacial score (nSPS) is 19.5. The molecule has 0 aromatic heterocycles. The topological polar surface area (TPSA) is 70.5 Å². The molecule has 0 bridgehead atoms. The molecule has 0 saturated carbocycles. The van der Waals surface area contributed by atoms with Gasteiger partial charge in [-0.1, -0.05) is 29.1 Å². The monoisotopic (exact) mass is 530 g/mol. The smallest absolute Gasteiger partial charge is 0.349 e. The number of benzene rings is 2. The zero-order chi connectivity index (χ0) is 27.2. The first-order valence-corrected chi connectivity index (χ1v) is 10.9. The van der Waals surface area contributed by atoms with E-state index in [1.807, 2.05) is 4.90 Å². The molecule has 3 atom stereocenters. The van der Waals surface area contributed by atoms with Gasteiger partial charge in [0.2, 0.25) is 0 Å². The second kappa shape index (κ2) is 11.8. The van der Waals surface area contributed by atoms with Crippen molar-refractivity contribution in [3.8, 4) is 11.8 Å². The van der Waals surface area contributed by atoms with Crippen molar-refractivity contribution in [1.29, 1.82) is 0 Å². The number of hydrogen-bond donors (Lipinski definition) is 0. The lowest BCUT2D eigenvalue weighted by atomic mass is 10.0. The molecule has 2 aromatic rings. The molecule has 3 rings (SSSR count). The van der Waals surface area contributed by atoms with Gasteiger partial charge in [-0.25, -0.2) is 4.39 Å². The molecule has 37 heavy (non-hydrogen) atoms. The van der Waals surface area contributed by atoms with Crippen LogP contribution in [0, 0.1) is 17.7 Å². The minimum Gasteiger partial charge on any atom is -0.349 e. The Balaban J connectivity index is 1.93. The van der Waals surface area contributed by atoms with E-state index in [-0.39, 0.29) is 31.3 Å². The van der Waals surface area contributed by atoms with E-state index in [2.05, 4.69) is 21.9 Å². The van der Waals surface area contributed by atoms with E-state index >= 15 is 0 Å². The maximum Gasteiger partial charge on any atom is 0.416 e. The first-order valence-electron chi connectivity index (χ1n) is 10.9. The number of rotatable bonds is 6. The number of azide groups is 1. The fraction of sp³-hybridized carbons (Fsp3) is 0.417. The average molecular weight is 530 g/mol. The summed E-state index contributed by atoms with van der Waals surface area (Å²) < 4.78 is 105. The molecule has 1 heterocycles. The van der Waals surface area contributed by atoms with Crippen molar-refractivity contribution >= 4 is 0 Å². The van der Waals surface area contributed by atoms with Crippen LogP contribution < -0.4 is 0 Å². The largest absolute Gasteiger partial charge is 0.416 e. The first-order chi connectivity index (χ1) is 17.4. The molecule has 6 nitrogen and oxygen atoms in total. The van der Waals surface area contributed by atoms with Gasteiger partial charge in [-0.05, 0) is 53.9 Å². The highest BCUT2D eigenvalue weighted by atomic mass is 19.4. The van der Waals surface area contributed by atoms with Crippen molar-refractivity contribution in [2.24, 2.45) is 5.11 Å². The van der Waals surface area contributed by atoms with Gasteiger partial charge < -0.3 is 9.47 Å². The molecule has 1 saturated heterocycles. The van der Waals surface area contributed by atoms with Crippen LogP contribution in [0.1, 0.15) is 41.3 Å². The molecule has 0 radical (unpaired) electrons. The van der Waals surface area contributed by atoms with Crippen LogP contribution >= 0.6 is 0 Å². The molecule has 0 aliphatic carbocycles. The van der Waals surface area contributed by atoms with Gasteiger partial charge in [0.1, 0.15) is 5.82 Å². The van der Waals surface area contributed by atoms with Crippen molar-refractivity contribution < 1.29 is 40.2 Å².